The van der Waals surface area contributed by atoms with Crippen molar-refractivity contribution in [3.05, 3.63) is 35.5 Å². The molecule has 0 amide bonds. The Labute approximate surface area is 169 Å². The van der Waals surface area contributed by atoms with E-state index in [2.05, 4.69) is 14.9 Å². The lowest BCUT2D eigenvalue weighted by Gasteiger charge is -2.15. The summed E-state index contributed by atoms with van der Waals surface area (Å²) in [6.07, 6.45) is 5.13. The lowest BCUT2D eigenvalue weighted by atomic mass is 10.2. The molecule has 1 heterocycles. The average Bonchev–Trinajstić information content (AvgIpc) is 3.37. The molecule has 158 valence electrons. The first-order valence-corrected chi connectivity index (χ1v) is 11.1. The Morgan fingerprint density at radius 3 is 2.76 bits per heavy atom. The second-order valence-corrected chi connectivity index (χ2v) is 8.58. The van der Waals surface area contributed by atoms with E-state index in [-0.39, 0.29) is 34.7 Å². The Kier molecular flexibility index (Phi) is 6.86. The van der Waals surface area contributed by atoms with Crippen LogP contribution in [0.2, 0.25) is 0 Å². The molecule has 1 fully saturated rings. The number of aromatic nitrogens is 2. The predicted octanol–water partition coefficient (Wildman–Crippen LogP) is 2.61. The van der Waals surface area contributed by atoms with E-state index in [4.69, 9.17) is 14.0 Å². The third-order valence-corrected chi connectivity index (χ3v) is 6.22. The highest BCUT2D eigenvalue weighted by molar-refractivity contribution is 7.89. The molecule has 0 aliphatic heterocycles. The molecule has 1 aromatic heterocycles. The molecule has 9 nitrogen and oxygen atoms in total. The standard InChI is InChI=1S/C19H25N3O6S/c1-3-6-17-20-18(28-21-17)12-27-19(23)13-9-10-15(26-2)16(11-13)29(24,25)22-14-7-4-5-8-14/h9-11,14,22H,3-8,12H2,1-2H3. The van der Waals surface area contributed by atoms with Crippen molar-refractivity contribution >= 4 is 16.0 Å². The molecular weight excluding hydrogens is 398 g/mol. The van der Waals surface area contributed by atoms with E-state index in [1.165, 1.54) is 25.3 Å². The first-order chi connectivity index (χ1) is 13.9. The smallest absolute Gasteiger partial charge is 0.338 e. The van der Waals surface area contributed by atoms with Crippen LogP contribution in [0.4, 0.5) is 0 Å². The van der Waals surface area contributed by atoms with Crippen LogP contribution in [0.5, 0.6) is 5.75 Å². The maximum atomic E-state index is 12.8. The van der Waals surface area contributed by atoms with Crippen molar-refractivity contribution in [2.24, 2.45) is 0 Å². The molecule has 1 aliphatic carbocycles. The van der Waals surface area contributed by atoms with Gasteiger partial charge in [-0.1, -0.05) is 24.9 Å². The molecule has 0 unspecified atom stereocenters. The molecule has 0 bridgehead atoms. The molecule has 0 radical (unpaired) electrons. The molecule has 1 aliphatic rings. The summed E-state index contributed by atoms with van der Waals surface area (Å²) in [5.41, 5.74) is 0.0888. The number of ether oxygens (including phenoxy) is 2. The number of hydrogen-bond acceptors (Lipinski definition) is 8. The van der Waals surface area contributed by atoms with Gasteiger partial charge in [0.1, 0.15) is 10.6 Å². The van der Waals surface area contributed by atoms with E-state index >= 15 is 0 Å². The Balaban J connectivity index is 1.73. The van der Waals surface area contributed by atoms with E-state index in [0.717, 1.165) is 32.1 Å². The molecule has 10 heteroatoms. The molecule has 2 aromatic rings. The molecule has 0 atom stereocenters. The van der Waals surface area contributed by atoms with Gasteiger partial charge in [0, 0.05) is 12.5 Å². The quantitative estimate of drug-likeness (QED) is 0.611. The summed E-state index contributed by atoms with van der Waals surface area (Å²) in [6, 6.07) is 4.04. The van der Waals surface area contributed by atoms with Gasteiger partial charge in [0.05, 0.1) is 12.7 Å². The summed E-state index contributed by atoms with van der Waals surface area (Å²) in [7, 11) is -2.46. The van der Waals surface area contributed by atoms with Crippen LogP contribution in [0, 0.1) is 0 Å². The minimum atomic E-state index is -3.84. The van der Waals surface area contributed by atoms with Crippen molar-refractivity contribution in [3.8, 4) is 5.75 Å². The van der Waals surface area contributed by atoms with Gasteiger partial charge in [-0.25, -0.2) is 17.9 Å². The van der Waals surface area contributed by atoms with Crippen molar-refractivity contribution < 1.29 is 27.2 Å². The molecule has 1 aromatic carbocycles. The predicted molar refractivity (Wildman–Crippen MR) is 103 cm³/mol. The van der Waals surface area contributed by atoms with Crippen LogP contribution in [-0.4, -0.2) is 37.7 Å². The van der Waals surface area contributed by atoms with Gasteiger partial charge < -0.3 is 14.0 Å². The first kappa shape index (κ1) is 21.3. The topological polar surface area (TPSA) is 121 Å². The summed E-state index contributed by atoms with van der Waals surface area (Å²) in [6.45, 7) is 1.80. The molecule has 29 heavy (non-hydrogen) atoms. The minimum Gasteiger partial charge on any atom is -0.495 e. The zero-order valence-corrected chi connectivity index (χ0v) is 17.3. The number of aryl methyl sites for hydroxylation is 1. The highest BCUT2D eigenvalue weighted by atomic mass is 32.2. The number of esters is 1. The summed E-state index contributed by atoms with van der Waals surface area (Å²) in [5.74, 6) is 0.203. The SMILES string of the molecule is CCCc1noc(COC(=O)c2ccc(OC)c(S(=O)(=O)NC3CCCC3)c2)n1. The van der Waals surface area contributed by atoms with Gasteiger partial charge in [0.2, 0.25) is 10.0 Å². The van der Waals surface area contributed by atoms with Crippen molar-refractivity contribution in [2.45, 2.75) is 63.0 Å². The fraction of sp³-hybridized carbons (Fsp3) is 0.526. The average molecular weight is 423 g/mol. The highest BCUT2D eigenvalue weighted by Crippen LogP contribution is 2.27. The number of benzene rings is 1. The van der Waals surface area contributed by atoms with Crippen LogP contribution >= 0.6 is 0 Å². The third kappa shape index (κ3) is 5.33. The molecule has 0 spiro atoms. The van der Waals surface area contributed by atoms with Gasteiger partial charge in [0.25, 0.3) is 5.89 Å². The molecule has 0 saturated heterocycles. The van der Waals surface area contributed by atoms with E-state index in [0.29, 0.717) is 12.2 Å². The normalized spacial score (nSPS) is 14.8. The van der Waals surface area contributed by atoms with Gasteiger partial charge in [0.15, 0.2) is 12.4 Å². The summed E-state index contributed by atoms with van der Waals surface area (Å²) >= 11 is 0. The van der Waals surface area contributed by atoms with E-state index in [9.17, 15) is 13.2 Å². The second-order valence-electron chi connectivity index (χ2n) is 6.90. The van der Waals surface area contributed by atoms with Gasteiger partial charge in [-0.05, 0) is 37.5 Å². The molecule has 1 saturated carbocycles. The number of carbonyl (C=O) groups excluding carboxylic acids is 1. The summed E-state index contributed by atoms with van der Waals surface area (Å²) in [4.78, 5) is 16.4. The zero-order valence-electron chi connectivity index (χ0n) is 16.5. The second kappa shape index (κ2) is 9.36. The fourth-order valence-corrected chi connectivity index (χ4v) is 4.72. The number of sulfonamides is 1. The lowest BCUT2D eigenvalue weighted by Crippen LogP contribution is -2.33. The third-order valence-electron chi connectivity index (χ3n) is 4.68. The molecular formula is C19H25N3O6S. The minimum absolute atomic E-state index is 0.0888. The Morgan fingerprint density at radius 2 is 2.07 bits per heavy atom. The molecule has 3 rings (SSSR count). The zero-order chi connectivity index (χ0) is 20.9. The molecule has 1 N–H and O–H groups in total. The maximum absolute atomic E-state index is 12.8. The summed E-state index contributed by atoms with van der Waals surface area (Å²) in [5, 5.41) is 3.79. The van der Waals surface area contributed by atoms with Crippen LogP contribution in [0.1, 0.15) is 61.1 Å². The van der Waals surface area contributed by atoms with Crippen LogP contribution in [-0.2, 0) is 27.8 Å². The number of nitrogens with zero attached hydrogens (tertiary/aromatic N) is 2. The Hall–Kier alpha value is -2.46. The monoisotopic (exact) mass is 423 g/mol. The number of carbonyl (C=O) groups is 1. The first-order valence-electron chi connectivity index (χ1n) is 9.62. The summed E-state index contributed by atoms with van der Waals surface area (Å²) < 4.78 is 43.7. The van der Waals surface area contributed by atoms with E-state index < -0.39 is 16.0 Å². The van der Waals surface area contributed by atoms with E-state index in [1.54, 1.807) is 0 Å². The van der Waals surface area contributed by atoms with Gasteiger partial charge >= 0.3 is 5.97 Å². The largest absolute Gasteiger partial charge is 0.495 e. The number of nitrogens with one attached hydrogen (secondary N) is 1. The van der Waals surface area contributed by atoms with Gasteiger partial charge in [-0.2, -0.15) is 4.98 Å². The Bertz CT molecular complexity index is 951. The van der Waals surface area contributed by atoms with Crippen LogP contribution < -0.4 is 9.46 Å². The van der Waals surface area contributed by atoms with Crippen LogP contribution in [0.15, 0.2) is 27.6 Å². The van der Waals surface area contributed by atoms with Crippen molar-refractivity contribution in [1.29, 1.82) is 0 Å². The lowest BCUT2D eigenvalue weighted by molar-refractivity contribution is 0.0429. The van der Waals surface area contributed by atoms with Crippen molar-refractivity contribution in [2.75, 3.05) is 7.11 Å². The van der Waals surface area contributed by atoms with E-state index in [1.807, 2.05) is 6.92 Å². The van der Waals surface area contributed by atoms with Gasteiger partial charge in [-0.15, -0.1) is 0 Å². The number of rotatable bonds is 9. The fourth-order valence-electron chi connectivity index (χ4n) is 3.22. The van der Waals surface area contributed by atoms with Crippen molar-refractivity contribution in [3.63, 3.8) is 0 Å². The van der Waals surface area contributed by atoms with Crippen molar-refractivity contribution in [1.82, 2.24) is 14.9 Å². The number of hydrogen-bond donors (Lipinski definition) is 1. The highest BCUT2D eigenvalue weighted by Gasteiger charge is 2.27. The van der Waals surface area contributed by atoms with Crippen LogP contribution in [0.25, 0.3) is 0 Å². The Morgan fingerprint density at radius 1 is 1.31 bits per heavy atom. The maximum Gasteiger partial charge on any atom is 0.338 e. The van der Waals surface area contributed by atoms with Gasteiger partial charge in [-0.3, -0.25) is 0 Å². The van der Waals surface area contributed by atoms with Crippen LogP contribution in [0.3, 0.4) is 0 Å². The number of methoxy groups -OCH3 is 1.